The SMILES string of the molecule is CCc1nn(C)c(CC(NC)c2ccn(C)n2)c1Cl. The summed E-state index contributed by atoms with van der Waals surface area (Å²) in [6, 6.07) is 2.16. The molecule has 5 nitrogen and oxygen atoms in total. The maximum Gasteiger partial charge on any atom is 0.0850 e. The molecule has 1 atom stereocenters. The van der Waals surface area contributed by atoms with E-state index in [2.05, 4.69) is 22.4 Å². The molecule has 2 aromatic heterocycles. The predicted octanol–water partition coefficient (Wildman–Crippen LogP) is 1.87. The van der Waals surface area contributed by atoms with Crippen LogP contribution in [0.1, 0.15) is 30.0 Å². The molecule has 2 rings (SSSR count). The molecule has 0 saturated carbocycles. The lowest BCUT2D eigenvalue weighted by molar-refractivity contribution is 0.539. The van der Waals surface area contributed by atoms with E-state index in [-0.39, 0.29) is 6.04 Å². The number of aryl methyl sites for hydroxylation is 3. The lowest BCUT2D eigenvalue weighted by Gasteiger charge is -2.14. The fraction of sp³-hybridized carbons (Fsp3) is 0.538. The molecule has 0 aliphatic rings. The average Bonchev–Trinajstić information content (AvgIpc) is 2.92. The van der Waals surface area contributed by atoms with Gasteiger partial charge < -0.3 is 5.32 Å². The van der Waals surface area contributed by atoms with Gasteiger partial charge in [-0.25, -0.2) is 0 Å². The van der Waals surface area contributed by atoms with E-state index in [0.717, 1.165) is 34.9 Å². The minimum atomic E-state index is 0.138. The minimum absolute atomic E-state index is 0.138. The van der Waals surface area contributed by atoms with Crippen LogP contribution in [-0.2, 0) is 26.9 Å². The van der Waals surface area contributed by atoms with Gasteiger partial charge in [-0.05, 0) is 19.5 Å². The van der Waals surface area contributed by atoms with Crippen molar-refractivity contribution in [1.29, 1.82) is 0 Å². The van der Waals surface area contributed by atoms with Crippen molar-refractivity contribution >= 4 is 11.6 Å². The van der Waals surface area contributed by atoms with Crippen molar-refractivity contribution in [3.05, 3.63) is 34.4 Å². The van der Waals surface area contributed by atoms with Gasteiger partial charge in [-0.3, -0.25) is 9.36 Å². The second-order valence-electron chi connectivity index (χ2n) is 4.64. The predicted molar refractivity (Wildman–Crippen MR) is 76.3 cm³/mol. The van der Waals surface area contributed by atoms with Crippen molar-refractivity contribution in [3.63, 3.8) is 0 Å². The van der Waals surface area contributed by atoms with E-state index in [9.17, 15) is 0 Å². The van der Waals surface area contributed by atoms with Gasteiger partial charge >= 0.3 is 0 Å². The number of likely N-dealkylation sites (N-methyl/N-ethyl adjacent to an activating group) is 1. The zero-order valence-corrected chi connectivity index (χ0v) is 12.6. The number of hydrogen-bond donors (Lipinski definition) is 1. The number of nitrogens with zero attached hydrogens (tertiary/aromatic N) is 4. The van der Waals surface area contributed by atoms with Crippen molar-refractivity contribution in [3.8, 4) is 0 Å². The number of aromatic nitrogens is 4. The molecule has 19 heavy (non-hydrogen) atoms. The summed E-state index contributed by atoms with van der Waals surface area (Å²) < 4.78 is 3.68. The smallest absolute Gasteiger partial charge is 0.0850 e. The van der Waals surface area contributed by atoms with Crippen LogP contribution in [0.3, 0.4) is 0 Å². The van der Waals surface area contributed by atoms with Gasteiger partial charge in [0.25, 0.3) is 0 Å². The van der Waals surface area contributed by atoms with Crippen LogP contribution in [0.25, 0.3) is 0 Å². The summed E-state index contributed by atoms with van der Waals surface area (Å²) in [4.78, 5) is 0. The Kier molecular flexibility index (Phi) is 4.27. The molecule has 2 heterocycles. The highest BCUT2D eigenvalue weighted by molar-refractivity contribution is 6.31. The highest BCUT2D eigenvalue weighted by Crippen LogP contribution is 2.25. The molecule has 0 aliphatic heterocycles. The molecular formula is C13H20ClN5. The standard InChI is InChI=1S/C13H20ClN5/c1-5-9-13(14)12(19(4)17-9)8-11(15-2)10-6-7-18(3)16-10/h6-7,11,15H,5,8H2,1-4H3. The molecule has 6 heteroatoms. The Morgan fingerprint density at radius 1 is 1.37 bits per heavy atom. The Morgan fingerprint density at radius 3 is 2.58 bits per heavy atom. The second kappa shape index (κ2) is 5.75. The Hall–Kier alpha value is -1.33. The van der Waals surface area contributed by atoms with Gasteiger partial charge in [0.2, 0.25) is 0 Å². The molecule has 0 spiro atoms. The van der Waals surface area contributed by atoms with Crippen LogP contribution in [-0.4, -0.2) is 26.6 Å². The summed E-state index contributed by atoms with van der Waals surface area (Å²) in [6.07, 6.45) is 3.57. The minimum Gasteiger partial charge on any atom is -0.311 e. The third kappa shape index (κ3) is 2.82. The van der Waals surface area contributed by atoms with Crippen LogP contribution in [0.4, 0.5) is 0 Å². The molecule has 0 radical (unpaired) electrons. The van der Waals surface area contributed by atoms with E-state index in [1.807, 2.05) is 42.8 Å². The fourth-order valence-corrected chi connectivity index (χ4v) is 2.58. The van der Waals surface area contributed by atoms with Crippen molar-refractivity contribution in [2.45, 2.75) is 25.8 Å². The summed E-state index contributed by atoms with van der Waals surface area (Å²) in [5.41, 5.74) is 3.01. The second-order valence-corrected chi connectivity index (χ2v) is 5.02. The zero-order chi connectivity index (χ0) is 14.0. The number of halogens is 1. The molecule has 0 bridgehead atoms. The fourth-order valence-electron chi connectivity index (χ4n) is 2.21. The molecule has 0 saturated heterocycles. The molecule has 1 N–H and O–H groups in total. The van der Waals surface area contributed by atoms with Crippen LogP contribution in [0, 0.1) is 0 Å². The molecule has 104 valence electrons. The monoisotopic (exact) mass is 281 g/mol. The highest BCUT2D eigenvalue weighted by atomic mass is 35.5. The van der Waals surface area contributed by atoms with E-state index in [1.165, 1.54) is 0 Å². The number of hydrogen-bond acceptors (Lipinski definition) is 3. The van der Waals surface area contributed by atoms with E-state index >= 15 is 0 Å². The Bertz CT molecular complexity index is 557. The van der Waals surface area contributed by atoms with E-state index in [4.69, 9.17) is 11.6 Å². The lowest BCUT2D eigenvalue weighted by atomic mass is 10.1. The first-order valence-corrected chi connectivity index (χ1v) is 6.81. The van der Waals surface area contributed by atoms with E-state index in [0.29, 0.717) is 0 Å². The Balaban J connectivity index is 2.26. The molecule has 1 unspecified atom stereocenters. The van der Waals surface area contributed by atoms with Gasteiger partial charge in [0.05, 0.1) is 28.1 Å². The van der Waals surface area contributed by atoms with Crippen molar-refractivity contribution in [2.75, 3.05) is 7.05 Å². The molecular weight excluding hydrogens is 262 g/mol. The van der Waals surface area contributed by atoms with Crippen molar-refractivity contribution < 1.29 is 0 Å². The van der Waals surface area contributed by atoms with Gasteiger partial charge in [0.1, 0.15) is 0 Å². The molecule has 2 aromatic rings. The largest absolute Gasteiger partial charge is 0.311 e. The van der Waals surface area contributed by atoms with Gasteiger partial charge in [0.15, 0.2) is 0 Å². The van der Waals surface area contributed by atoms with Crippen molar-refractivity contribution in [1.82, 2.24) is 24.9 Å². The van der Waals surface area contributed by atoms with Gasteiger partial charge in [-0.2, -0.15) is 10.2 Å². The van der Waals surface area contributed by atoms with E-state index in [1.54, 1.807) is 0 Å². The summed E-state index contributed by atoms with van der Waals surface area (Å²) >= 11 is 6.39. The van der Waals surface area contributed by atoms with E-state index < -0.39 is 0 Å². The number of rotatable bonds is 5. The number of nitrogens with one attached hydrogen (secondary N) is 1. The average molecular weight is 282 g/mol. The third-order valence-corrected chi connectivity index (χ3v) is 3.78. The van der Waals surface area contributed by atoms with Crippen LogP contribution in [0.5, 0.6) is 0 Å². The van der Waals surface area contributed by atoms with Crippen LogP contribution < -0.4 is 5.32 Å². The summed E-state index contributed by atoms with van der Waals surface area (Å²) in [5, 5.41) is 13.0. The molecule has 0 amide bonds. The maximum absolute atomic E-state index is 6.39. The molecule has 0 fully saturated rings. The Labute approximate surface area is 118 Å². The van der Waals surface area contributed by atoms with Gasteiger partial charge in [0, 0.05) is 26.7 Å². The maximum atomic E-state index is 6.39. The summed E-state index contributed by atoms with van der Waals surface area (Å²) in [5.74, 6) is 0. The molecule has 0 aromatic carbocycles. The van der Waals surface area contributed by atoms with Crippen LogP contribution in [0.2, 0.25) is 5.02 Å². The third-order valence-electron chi connectivity index (χ3n) is 3.34. The zero-order valence-electron chi connectivity index (χ0n) is 11.8. The lowest BCUT2D eigenvalue weighted by Crippen LogP contribution is -2.21. The normalized spacial score (nSPS) is 12.9. The van der Waals surface area contributed by atoms with Crippen LogP contribution >= 0.6 is 11.6 Å². The Morgan fingerprint density at radius 2 is 2.11 bits per heavy atom. The first-order chi connectivity index (χ1) is 9.06. The highest BCUT2D eigenvalue weighted by Gasteiger charge is 2.19. The first-order valence-electron chi connectivity index (χ1n) is 6.43. The molecule has 0 aliphatic carbocycles. The van der Waals surface area contributed by atoms with Crippen molar-refractivity contribution in [2.24, 2.45) is 14.1 Å². The van der Waals surface area contributed by atoms with Gasteiger partial charge in [-0.1, -0.05) is 18.5 Å². The summed E-state index contributed by atoms with van der Waals surface area (Å²) in [7, 11) is 5.79. The quantitative estimate of drug-likeness (QED) is 0.910. The van der Waals surface area contributed by atoms with Crippen LogP contribution in [0.15, 0.2) is 12.3 Å². The van der Waals surface area contributed by atoms with Gasteiger partial charge in [-0.15, -0.1) is 0 Å². The topological polar surface area (TPSA) is 47.7 Å². The summed E-state index contributed by atoms with van der Waals surface area (Å²) in [6.45, 7) is 2.06. The first kappa shape index (κ1) is 14.1.